The highest BCUT2D eigenvalue weighted by Crippen LogP contribution is 2.40. The lowest BCUT2D eigenvalue weighted by Gasteiger charge is -2.23. The number of rotatable bonds is 5. The van der Waals surface area contributed by atoms with E-state index in [1.165, 1.54) is 0 Å². The summed E-state index contributed by atoms with van der Waals surface area (Å²) in [6, 6.07) is 0. The smallest absolute Gasteiger partial charge is 0.323 e. The quantitative estimate of drug-likeness (QED) is 0.656. The lowest BCUT2D eigenvalue weighted by atomic mass is 9.89. The van der Waals surface area contributed by atoms with Gasteiger partial charge in [-0.15, -0.1) is 0 Å². The molecular formula is C9H17NO2. The number of hydrogen-bond donors (Lipinski definition) is 2. The van der Waals surface area contributed by atoms with Crippen molar-refractivity contribution in [2.45, 2.75) is 44.6 Å². The Hall–Kier alpha value is -0.570. The first-order chi connectivity index (χ1) is 5.61. The Labute approximate surface area is 72.9 Å². The average Bonchev–Trinajstić information content (AvgIpc) is 2.82. The first-order valence-electron chi connectivity index (χ1n) is 4.63. The van der Waals surface area contributed by atoms with Crippen molar-refractivity contribution in [3.8, 4) is 0 Å². The van der Waals surface area contributed by atoms with Crippen LogP contribution in [-0.2, 0) is 4.79 Å². The molecule has 3 heteroatoms. The maximum Gasteiger partial charge on any atom is 0.323 e. The van der Waals surface area contributed by atoms with Crippen LogP contribution in [0, 0.1) is 5.92 Å². The fraction of sp³-hybridized carbons (Fsp3) is 0.889. The third-order valence-electron chi connectivity index (χ3n) is 2.65. The van der Waals surface area contributed by atoms with Crippen molar-refractivity contribution < 1.29 is 9.90 Å². The minimum Gasteiger partial charge on any atom is -0.480 e. The number of hydrogen-bond acceptors (Lipinski definition) is 2. The lowest BCUT2D eigenvalue weighted by Crippen LogP contribution is -2.50. The number of aliphatic carboxylic acids is 1. The summed E-state index contributed by atoms with van der Waals surface area (Å²) in [7, 11) is 0. The summed E-state index contributed by atoms with van der Waals surface area (Å²) in [4.78, 5) is 10.9. The van der Waals surface area contributed by atoms with Gasteiger partial charge in [0.2, 0.25) is 0 Å². The molecule has 1 atom stereocenters. The highest BCUT2D eigenvalue weighted by Gasteiger charge is 2.47. The van der Waals surface area contributed by atoms with Crippen LogP contribution in [0.3, 0.4) is 0 Å². The molecule has 1 rings (SSSR count). The van der Waals surface area contributed by atoms with Gasteiger partial charge in [-0.3, -0.25) is 4.79 Å². The van der Waals surface area contributed by atoms with Crippen molar-refractivity contribution in [2.24, 2.45) is 11.7 Å². The largest absolute Gasteiger partial charge is 0.480 e. The molecule has 0 aliphatic heterocycles. The number of carbonyl (C=O) groups is 1. The Balaban J connectivity index is 2.52. The van der Waals surface area contributed by atoms with E-state index < -0.39 is 11.5 Å². The molecule has 0 bridgehead atoms. The lowest BCUT2D eigenvalue weighted by molar-refractivity contribution is -0.144. The van der Waals surface area contributed by atoms with Crippen molar-refractivity contribution in [1.82, 2.24) is 0 Å². The highest BCUT2D eigenvalue weighted by molar-refractivity contribution is 5.79. The molecule has 1 aliphatic rings. The van der Waals surface area contributed by atoms with E-state index in [9.17, 15) is 4.79 Å². The molecule has 0 saturated heterocycles. The van der Waals surface area contributed by atoms with Crippen LogP contribution < -0.4 is 5.73 Å². The second kappa shape index (κ2) is 3.44. The zero-order chi connectivity index (χ0) is 9.19. The van der Waals surface area contributed by atoms with E-state index in [1.54, 1.807) is 0 Å². The van der Waals surface area contributed by atoms with Gasteiger partial charge in [-0.25, -0.2) is 0 Å². The van der Waals surface area contributed by atoms with Gasteiger partial charge in [-0.05, 0) is 25.2 Å². The summed E-state index contributed by atoms with van der Waals surface area (Å²) in [6.45, 7) is 2.05. The van der Waals surface area contributed by atoms with Crippen LogP contribution >= 0.6 is 0 Å². The van der Waals surface area contributed by atoms with Crippen molar-refractivity contribution in [3.63, 3.8) is 0 Å². The van der Waals surface area contributed by atoms with Gasteiger partial charge < -0.3 is 10.8 Å². The van der Waals surface area contributed by atoms with Gasteiger partial charge in [0.25, 0.3) is 0 Å². The van der Waals surface area contributed by atoms with Crippen LogP contribution in [0.4, 0.5) is 0 Å². The summed E-state index contributed by atoms with van der Waals surface area (Å²) in [5, 5.41) is 8.94. The molecule has 0 radical (unpaired) electrons. The monoisotopic (exact) mass is 171 g/mol. The van der Waals surface area contributed by atoms with Crippen molar-refractivity contribution in [2.75, 3.05) is 0 Å². The summed E-state index contributed by atoms with van der Waals surface area (Å²) in [5.41, 5.74) is 4.91. The van der Waals surface area contributed by atoms with Gasteiger partial charge in [0.05, 0.1) is 0 Å². The van der Waals surface area contributed by atoms with E-state index in [1.807, 2.05) is 0 Å². The normalized spacial score (nSPS) is 21.8. The Bertz CT molecular complexity index is 177. The predicted octanol–water partition coefficient (Wildman–Crippen LogP) is 1.37. The molecule has 70 valence electrons. The highest BCUT2D eigenvalue weighted by atomic mass is 16.4. The number of nitrogens with two attached hydrogens (primary N) is 1. The van der Waals surface area contributed by atoms with Crippen LogP contribution in [0.25, 0.3) is 0 Å². The Morgan fingerprint density at radius 3 is 2.58 bits per heavy atom. The maximum atomic E-state index is 10.9. The third-order valence-corrected chi connectivity index (χ3v) is 2.65. The first-order valence-corrected chi connectivity index (χ1v) is 4.63. The Kier molecular flexibility index (Phi) is 2.73. The second-order valence-corrected chi connectivity index (χ2v) is 3.72. The Morgan fingerprint density at radius 1 is 1.67 bits per heavy atom. The zero-order valence-corrected chi connectivity index (χ0v) is 7.55. The minimum atomic E-state index is -0.921. The summed E-state index contributed by atoms with van der Waals surface area (Å²) in [5.74, 6) is -0.583. The SMILES string of the molecule is CCCC[C@@](N)(C(=O)O)C1CC1. The van der Waals surface area contributed by atoms with E-state index in [2.05, 4.69) is 6.92 Å². The molecule has 0 spiro atoms. The van der Waals surface area contributed by atoms with Gasteiger partial charge in [0.15, 0.2) is 0 Å². The van der Waals surface area contributed by atoms with E-state index in [0.29, 0.717) is 6.42 Å². The fourth-order valence-electron chi connectivity index (χ4n) is 1.55. The van der Waals surface area contributed by atoms with Gasteiger partial charge >= 0.3 is 5.97 Å². The molecule has 0 aromatic heterocycles. The van der Waals surface area contributed by atoms with Gasteiger partial charge in [0.1, 0.15) is 5.54 Å². The number of carboxylic acids is 1. The van der Waals surface area contributed by atoms with Crippen LogP contribution in [0.2, 0.25) is 0 Å². The number of unbranched alkanes of at least 4 members (excludes halogenated alkanes) is 1. The van der Waals surface area contributed by atoms with Crippen molar-refractivity contribution >= 4 is 5.97 Å². The molecule has 3 N–H and O–H groups in total. The fourth-order valence-corrected chi connectivity index (χ4v) is 1.55. The summed E-state index contributed by atoms with van der Waals surface area (Å²) < 4.78 is 0. The standard InChI is InChI=1S/C9H17NO2/c1-2-3-6-9(10,8(11)12)7-4-5-7/h7H,2-6,10H2,1H3,(H,11,12)/t9-/m0/s1. The first kappa shape index (κ1) is 9.52. The molecule has 0 unspecified atom stereocenters. The van der Waals surface area contributed by atoms with Crippen LogP contribution in [0.5, 0.6) is 0 Å². The summed E-state index contributed by atoms with van der Waals surface area (Å²) >= 11 is 0. The van der Waals surface area contributed by atoms with Gasteiger partial charge in [0, 0.05) is 0 Å². The number of carboxylic acid groups (broad SMARTS) is 1. The molecule has 0 aromatic rings. The maximum absolute atomic E-state index is 10.9. The van der Waals surface area contributed by atoms with Gasteiger partial charge in [-0.1, -0.05) is 19.8 Å². The topological polar surface area (TPSA) is 63.3 Å². The van der Waals surface area contributed by atoms with Gasteiger partial charge in [-0.2, -0.15) is 0 Å². The van der Waals surface area contributed by atoms with Crippen LogP contribution in [-0.4, -0.2) is 16.6 Å². The molecule has 1 saturated carbocycles. The van der Waals surface area contributed by atoms with E-state index in [0.717, 1.165) is 25.7 Å². The molecule has 12 heavy (non-hydrogen) atoms. The third kappa shape index (κ3) is 1.78. The molecule has 1 fully saturated rings. The van der Waals surface area contributed by atoms with Crippen LogP contribution in [0.1, 0.15) is 39.0 Å². The average molecular weight is 171 g/mol. The van der Waals surface area contributed by atoms with Crippen molar-refractivity contribution in [3.05, 3.63) is 0 Å². The molecule has 3 nitrogen and oxygen atoms in total. The van der Waals surface area contributed by atoms with E-state index >= 15 is 0 Å². The molecule has 0 aromatic carbocycles. The second-order valence-electron chi connectivity index (χ2n) is 3.72. The molecule has 1 aliphatic carbocycles. The Morgan fingerprint density at radius 2 is 2.25 bits per heavy atom. The molecule has 0 heterocycles. The summed E-state index contributed by atoms with van der Waals surface area (Å²) in [6.07, 6.45) is 4.54. The zero-order valence-electron chi connectivity index (χ0n) is 7.55. The molecule has 0 amide bonds. The minimum absolute atomic E-state index is 0.238. The van der Waals surface area contributed by atoms with Crippen LogP contribution in [0.15, 0.2) is 0 Å². The van der Waals surface area contributed by atoms with E-state index in [-0.39, 0.29) is 5.92 Å². The molecular weight excluding hydrogens is 154 g/mol. The van der Waals surface area contributed by atoms with E-state index in [4.69, 9.17) is 10.8 Å². The van der Waals surface area contributed by atoms with Crippen molar-refractivity contribution in [1.29, 1.82) is 0 Å². The predicted molar refractivity (Wildman–Crippen MR) is 46.8 cm³/mol.